The van der Waals surface area contributed by atoms with E-state index in [1.807, 2.05) is 31.0 Å². The second kappa shape index (κ2) is 10.5. The van der Waals surface area contributed by atoms with E-state index in [9.17, 15) is 9.59 Å². The van der Waals surface area contributed by atoms with Gasteiger partial charge in [-0.15, -0.1) is 0 Å². The zero-order chi connectivity index (χ0) is 27.8. The van der Waals surface area contributed by atoms with Gasteiger partial charge in [0.1, 0.15) is 11.9 Å². The van der Waals surface area contributed by atoms with Crippen LogP contribution in [0.25, 0.3) is 44.2 Å². The molecule has 3 N–H and O–H groups in total. The number of imidazole rings is 2. The summed E-state index contributed by atoms with van der Waals surface area (Å²) >= 11 is 0. The summed E-state index contributed by atoms with van der Waals surface area (Å²) in [6.07, 6.45) is 4.59. The molecule has 3 aromatic carbocycles. The highest BCUT2D eigenvalue weighted by Gasteiger charge is 2.37. The summed E-state index contributed by atoms with van der Waals surface area (Å²) in [5, 5.41) is 5.02. The van der Waals surface area contributed by atoms with Gasteiger partial charge in [0.2, 0.25) is 5.91 Å². The van der Waals surface area contributed by atoms with E-state index in [2.05, 4.69) is 68.8 Å². The first-order chi connectivity index (χ1) is 19.4. The van der Waals surface area contributed by atoms with Crippen LogP contribution in [-0.2, 0) is 9.53 Å². The molecule has 1 saturated heterocycles. The normalized spacial score (nSPS) is 16.1. The average Bonchev–Trinajstić information content (AvgIpc) is 3.75. The maximum absolute atomic E-state index is 13.5. The number of ether oxygens (including phenoxy) is 1. The highest BCUT2D eigenvalue weighted by Crippen LogP contribution is 2.34. The Balaban J connectivity index is 1.26. The Hall–Kier alpha value is -4.66. The average molecular weight is 537 g/mol. The van der Waals surface area contributed by atoms with E-state index in [4.69, 9.17) is 9.72 Å². The molecule has 1 fully saturated rings. The number of nitrogens with zero attached hydrogens (tertiary/aromatic N) is 3. The molecule has 1 aliphatic rings. The lowest BCUT2D eigenvalue weighted by Gasteiger charge is -2.29. The first-order valence-electron chi connectivity index (χ1n) is 13.6. The Morgan fingerprint density at radius 2 is 1.75 bits per heavy atom. The number of benzene rings is 3. The number of hydrogen-bond donors (Lipinski definition) is 3. The largest absolute Gasteiger partial charge is 0.453 e. The van der Waals surface area contributed by atoms with Crippen LogP contribution in [0, 0.1) is 5.92 Å². The molecular weight excluding hydrogens is 504 g/mol. The van der Waals surface area contributed by atoms with Crippen molar-refractivity contribution in [1.29, 1.82) is 0 Å². The maximum atomic E-state index is 13.5. The quantitative estimate of drug-likeness (QED) is 0.253. The fourth-order valence-corrected chi connectivity index (χ4v) is 5.57. The minimum absolute atomic E-state index is 0.0786. The van der Waals surface area contributed by atoms with E-state index in [0.717, 1.165) is 62.9 Å². The van der Waals surface area contributed by atoms with Crippen LogP contribution in [0.15, 0.2) is 67.1 Å². The number of rotatable bonds is 6. The fraction of sp³-hybridized carbons (Fsp3) is 0.290. The summed E-state index contributed by atoms with van der Waals surface area (Å²) in [5.74, 6) is 0.574. The zero-order valence-corrected chi connectivity index (χ0v) is 22.8. The van der Waals surface area contributed by atoms with Crippen molar-refractivity contribution in [3.05, 3.63) is 72.9 Å². The molecule has 204 valence electrons. The van der Waals surface area contributed by atoms with Gasteiger partial charge < -0.3 is 24.9 Å². The van der Waals surface area contributed by atoms with Crippen molar-refractivity contribution in [2.75, 3.05) is 13.7 Å². The van der Waals surface area contributed by atoms with Crippen molar-refractivity contribution < 1.29 is 14.3 Å². The molecule has 0 saturated carbocycles. The van der Waals surface area contributed by atoms with Crippen LogP contribution >= 0.6 is 0 Å². The van der Waals surface area contributed by atoms with E-state index in [1.165, 1.54) is 7.11 Å². The summed E-state index contributed by atoms with van der Waals surface area (Å²) in [6, 6.07) is 18.3. The number of fused-ring (bicyclic) bond motifs is 2. The lowest BCUT2D eigenvalue weighted by molar-refractivity contribution is -0.135. The van der Waals surface area contributed by atoms with Gasteiger partial charge in [0, 0.05) is 12.1 Å². The van der Waals surface area contributed by atoms with Gasteiger partial charge in [-0.2, -0.15) is 0 Å². The number of likely N-dealkylation sites (tertiary alicyclic amines) is 1. The lowest BCUT2D eigenvalue weighted by Crippen LogP contribution is -2.51. The zero-order valence-electron chi connectivity index (χ0n) is 22.8. The molecule has 0 unspecified atom stereocenters. The molecule has 40 heavy (non-hydrogen) atoms. The van der Waals surface area contributed by atoms with Crippen molar-refractivity contribution in [1.82, 2.24) is 30.2 Å². The Kier molecular flexibility index (Phi) is 6.71. The van der Waals surface area contributed by atoms with Crippen LogP contribution < -0.4 is 5.32 Å². The molecule has 0 bridgehead atoms. The predicted octanol–water partition coefficient (Wildman–Crippen LogP) is 5.82. The minimum atomic E-state index is -0.660. The van der Waals surface area contributed by atoms with Gasteiger partial charge in [-0.3, -0.25) is 4.79 Å². The second-order valence-corrected chi connectivity index (χ2v) is 10.6. The molecule has 9 heteroatoms. The van der Waals surface area contributed by atoms with Crippen LogP contribution in [0.1, 0.15) is 38.6 Å². The van der Waals surface area contributed by atoms with E-state index in [0.29, 0.717) is 6.54 Å². The molecule has 9 nitrogen and oxygen atoms in total. The highest BCUT2D eigenvalue weighted by molar-refractivity contribution is 5.92. The Bertz CT molecular complexity index is 1690. The van der Waals surface area contributed by atoms with Gasteiger partial charge in [-0.05, 0) is 64.9 Å². The third kappa shape index (κ3) is 4.79. The number of aromatic amines is 2. The summed E-state index contributed by atoms with van der Waals surface area (Å²) in [4.78, 5) is 42.8. The van der Waals surface area contributed by atoms with Crippen molar-refractivity contribution in [2.24, 2.45) is 5.92 Å². The molecule has 6 rings (SSSR count). The van der Waals surface area contributed by atoms with Crippen molar-refractivity contribution in [3.8, 4) is 22.4 Å². The number of carbonyl (C=O) groups is 2. The van der Waals surface area contributed by atoms with Crippen LogP contribution in [-0.4, -0.2) is 56.5 Å². The number of hydrogen-bond acceptors (Lipinski definition) is 5. The number of carbonyl (C=O) groups excluding carboxylic acids is 2. The lowest BCUT2D eigenvalue weighted by atomic mass is 9.99. The summed E-state index contributed by atoms with van der Waals surface area (Å²) in [7, 11) is 1.30. The van der Waals surface area contributed by atoms with Crippen LogP contribution in [0.3, 0.4) is 0 Å². The number of methoxy groups -OCH3 is 1. The number of nitrogens with one attached hydrogen (secondary N) is 3. The van der Waals surface area contributed by atoms with Crippen molar-refractivity contribution >= 4 is 33.8 Å². The minimum Gasteiger partial charge on any atom is -0.453 e. The Labute approximate surface area is 232 Å². The highest BCUT2D eigenvalue weighted by atomic mass is 16.5. The molecule has 0 aliphatic carbocycles. The van der Waals surface area contributed by atoms with Crippen molar-refractivity contribution in [3.63, 3.8) is 0 Å². The van der Waals surface area contributed by atoms with E-state index in [-0.39, 0.29) is 17.9 Å². The molecule has 0 radical (unpaired) electrons. The van der Waals surface area contributed by atoms with Gasteiger partial charge in [-0.1, -0.05) is 44.2 Å². The Morgan fingerprint density at radius 3 is 2.48 bits per heavy atom. The van der Waals surface area contributed by atoms with Gasteiger partial charge in [-0.25, -0.2) is 14.8 Å². The molecular formula is C31H32N6O3. The van der Waals surface area contributed by atoms with Crippen LogP contribution in [0.4, 0.5) is 4.79 Å². The number of amides is 2. The van der Waals surface area contributed by atoms with Gasteiger partial charge in [0.05, 0.1) is 42.4 Å². The SMILES string of the molecule is COC(=O)N[C@H](C(=O)N1CCC[C@H]1c1nc2ccc(-c3ccc4cc(-c5cnc[nH]5)ccc4c3)cc2[nH]1)C(C)C. The van der Waals surface area contributed by atoms with Crippen LogP contribution in [0.5, 0.6) is 0 Å². The third-order valence-electron chi connectivity index (χ3n) is 7.73. The van der Waals surface area contributed by atoms with Crippen molar-refractivity contribution in [2.45, 2.75) is 38.8 Å². The molecule has 2 amide bonds. The molecule has 0 spiro atoms. The van der Waals surface area contributed by atoms with Crippen LogP contribution in [0.2, 0.25) is 0 Å². The molecule has 5 aromatic rings. The summed E-state index contributed by atoms with van der Waals surface area (Å²) < 4.78 is 4.74. The number of aromatic nitrogens is 4. The smallest absolute Gasteiger partial charge is 0.407 e. The monoisotopic (exact) mass is 536 g/mol. The summed E-state index contributed by atoms with van der Waals surface area (Å²) in [6.45, 7) is 4.45. The maximum Gasteiger partial charge on any atom is 0.407 e. The molecule has 1 aliphatic heterocycles. The van der Waals surface area contributed by atoms with E-state index in [1.54, 1.807) is 6.33 Å². The first-order valence-corrected chi connectivity index (χ1v) is 13.6. The molecule has 2 atom stereocenters. The predicted molar refractivity (Wildman–Crippen MR) is 154 cm³/mol. The Morgan fingerprint density at radius 1 is 1.02 bits per heavy atom. The van der Waals surface area contributed by atoms with E-state index >= 15 is 0 Å². The fourth-order valence-electron chi connectivity index (χ4n) is 5.57. The van der Waals surface area contributed by atoms with Gasteiger partial charge in [0.15, 0.2) is 0 Å². The third-order valence-corrected chi connectivity index (χ3v) is 7.73. The van der Waals surface area contributed by atoms with Gasteiger partial charge in [0.25, 0.3) is 0 Å². The topological polar surface area (TPSA) is 116 Å². The number of H-pyrrole nitrogens is 2. The van der Waals surface area contributed by atoms with Gasteiger partial charge >= 0.3 is 6.09 Å². The number of alkyl carbamates (subject to hydrolysis) is 1. The standard InChI is InChI=1S/C31H32N6O3/c1-18(2)28(36-31(39)40-3)30(38)37-12-4-5-27(37)29-34-24-11-10-22(15-25(24)35-29)20-6-7-21-14-23(9-8-19(21)13-20)26-16-32-17-33-26/h6-11,13-18,27-28H,4-5,12H2,1-3H3,(H,32,33)(H,34,35)(H,36,39)/t27-,28-/m0/s1. The molecule has 2 aromatic heterocycles. The first kappa shape index (κ1) is 25.6. The molecule has 3 heterocycles. The second-order valence-electron chi connectivity index (χ2n) is 10.6. The van der Waals surface area contributed by atoms with E-state index < -0.39 is 12.1 Å². The summed E-state index contributed by atoms with van der Waals surface area (Å²) in [5.41, 5.74) is 6.08.